The van der Waals surface area contributed by atoms with E-state index >= 15 is 0 Å². The third-order valence-corrected chi connectivity index (χ3v) is 4.77. The minimum absolute atomic E-state index is 0. The summed E-state index contributed by atoms with van der Waals surface area (Å²) in [6.07, 6.45) is -1.44. The molecule has 12 heteroatoms. The van der Waals surface area contributed by atoms with Gasteiger partial charge in [-0.25, -0.2) is 0 Å². The molecule has 0 heterocycles. The van der Waals surface area contributed by atoms with E-state index in [0.717, 1.165) is 0 Å². The van der Waals surface area contributed by atoms with Crippen LogP contribution in [0.5, 0.6) is 0 Å². The molecule has 0 saturated carbocycles. The first-order valence-electron chi connectivity index (χ1n) is 6.45. The van der Waals surface area contributed by atoms with Crippen molar-refractivity contribution in [3.8, 4) is 0 Å². The van der Waals surface area contributed by atoms with Gasteiger partial charge in [0.2, 0.25) is 11.8 Å². The fourth-order valence-corrected chi connectivity index (χ4v) is 2.54. The molecule has 0 aromatic heterocycles. The zero-order valence-corrected chi connectivity index (χ0v) is 14.0. The Bertz CT molecular complexity index is 485. The summed E-state index contributed by atoms with van der Waals surface area (Å²) in [5.41, 5.74) is -0.987. The van der Waals surface area contributed by atoms with E-state index < -0.39 is 32.5 Å². The molecule has 0 aliphatic rings. The quantitative estimate of drug-likeness (QED) is 0.118. The Labute approximate surface area is 169 Å². The second-order valence-corrected chi connectivity index (χ2v) is 8.66. The first kappa shape index (κ1) is 25.6. The van der Waals surface area contributed by atoms with E-state index in [1.54, 1.807) is 0 Å². The van der Waals surface area contributed by atoms with E-state index in [9.17, 15) is 23.1 Å². The Morgan fingerprint density at radius 1 is 1.22 bits per heavy atom. The van der Waals surface area contributed by atoms with Crippen LogP contribution in [0.15, 0.2) is 0 Å². The summed E-state index contributed by atoms with van der Waals surface area (Å²) in [6, 6.07) is 0. The maximum atomic E-state index is 11.6. The van der Waals surface area contributed by atoms with Crippen molar-refractivity contribution < 1.29 is 32.8 Å². The summed E-state index contributed by atoms with van der Waals surface area (Å²) in [5.74, 6) is -1.10. The molecule has 1 atom stereocenters. The predicted octanol–water partition coefficient (Wildman–Crippen LogP) is -2.39. The average Bonchev–Trinajstić information content (AvgIpc) is 2.41. The van der Waals surface area contributed by atoms with Crippen molar-refractivity contribution in [1.29, 1.82) is 0 Å². The second-order valence-electron chi connectivity index (χ2n) is 5.19. The van der Waals surface area contributed by atoms with Crippen LogP contribution in [-0.4, -0.2) is 104 Å². The molecule has 0 aromatic carbocycles. The number of amides is 2. The van der Waals surface area contributed by atoms with E-state index in [-0.39, 0.29) is 69.6 Å². The van der Waals surface area contributed by atoms with Crippen LogP contribution in [0.25, 0.3) is 0 Å². The second kappa shape index (κ2) is 11.9. The zero-order chi connectivity index (χ0) is 17.4. The Kier molecular flexibility index (Phi) is 13.2. The van der Waals surface area contributed by atoms with Gasteiger partial charge in [0, 0.05) is 30.7 Å². The van der Waals surface area contributed by atoms with Crippen LogP contribution in [-0.2, 0) is 18.7 Å². The molecule has 2 amide bonds. The molecule has 0 aliphatic heterocycles. The zero-order valence-electron chi connectivity index (χ0n) is 12.4. The standard InChI is InChI=1S/C11H22N2O7S2.Ca.2H/c1-11(2,7-14)9(16)10(17)13-4-3-8(15)12-5-6-21-22(18,19)20;;;/h9,14,16H,3-7H2,1-2H3,(H,12,15)(H,13,17)(H,18,19,20);;;/t9-;;;/m0.../s1. The molecule has 0 spiro atoms. The summed E-state index contributed by atoms with van der Waals surface area (Å²) < 4.78 is 29.3. The third-order valence-electron chi connectivity index (χ3n) is 2.70. The molecule has 134 valence electrons. The molecular weight excluding hydrogens is 376 g/mol. The Morgan fingerprint density at radius 2 is 1.78 bits per heavy atom. The van der Waals surface area contributed by atoms with E-state index in [4.69, 9.17) is 9.66 Å². The molecule has 0 unspecified atom stereocenters. The van der Waals surface area contributed by atoms with Crippen LogP contribution in [0.2, 0.25) is 0 Å². The fraction of sp³-hybridized carbons (Fsp3) is 0.818. The Morgan fingerprint density at radius 3 is 2.26 bits per heavy atom. The van der Waals surface area contributed by atoms with Gasteiger partial charge < -0.3 is 20.8 Å². The van der Waals surface area contributed by atoms with E-state index in [1.807, 2.05) is 0 Å². The number of carbonyl (C=O) groups excluding carboxylic acids is 2. The molecule has 0 rings (SSSR count). The molecule has 5 N–H and O–H groups in total. The van der Waals surface area contributed by atoms with Crippen molar-refractivity contribution >= 4 is 69.5 Å². The normalized spacial score (nSPS) is 12.9. The van der Waals surface area contributed by atoms with Crippen LogP contribution in [0.1, 0.15) is 20.3 Å². The van der Waals surface area contributed by atoms with Gasteiger partial charge in [0.25, 0.3) is 0 Å². The molecule has 0 aromatic rings. The van der Waals surface area contributed by atoms with Gasteiger partial charge in [-0.2, -0.15) is 8.42 Å². The molecule has 0 fully saturated rings. The van der Waals surface area contributed by atoms with Gasteiger partial charge in [0.1, 0.15) is 6.10 Å². The van der Waals surface area contributed by atoms with Gasteiger partial charge >= 0.3 is 46.9 Å². The predicted molar refractivity (Wildman–Crippen MR) is 90.1 cm³/mol. The van der Waals surface area contributed by atoms with Crippen LogP contribution in [0.3, 0.4) is 0 Å². The van der Waals surface area contributed by atoms with Crippen molar-refractivity contribution in [2.75, 3.05) is 25.4 Å². The number of hydrogen-bond donors (Lipinski definition) is 5. The molecule has 0 aliphatic carbocycles. The number of nitrogens with one attached hydrogen (secondary N) is 2. The van der Waals surface area contributed by atoms with E-state index in [1.165, 1.54) is 13.8 Å². The van der Waals surface area contributed by atoms with Gasteiger partial charge in [-0.1, -0.05) is 13.8 Å². The topological polar surface area (TPSA) is 153 Å². The summed E-state index contributed by atoms with van der Waals surface area (Å²) in [7, 11) is -3.82. The van der Waals surface area contributed by atoms with Crippen molar-refractivity contribution in [2.45, 2.75) is 26.4 Å². The van der Waals surface area contributed by atoms with Gasteiger partial charge in [0.15, 0.2) is 0 Å². The van der Waals surface area contributed by atoms with Gasteiger partial charge in [-0.3, -0.25) is 14.1 Å². The summed E-state index contributed by atoms with van der Waals surface area (Å²) in [5, 5.41) is 23.5. The van der Waals surface area contributed by atoms with E-state index in [0.29, 0.717) is 10.8 Å². The van der Waals surface area contributed by atoms with Crippen molar-refractivity contribution in [3.05, 3.63) is 0 Å². The number of aliphatic hydroxyl groups is 2. The third kappa shape index (κ3) is 12.4. The monoisotopic (exact) mass is 400 g/mol. The maximum absolute atomic E-state index is 11.6. The summed E-state index contributed by atoms with van der Waals surface area (Å²) >= 11 is 0. The number of hydrogen-bond acceptors (Lipinski definition) is 7. The first-order valence-corrected chi connectivity index (χ1v) is 9.39. The minimum atomic E-state index is -4.12. The van der Waals surface area contributed by atoms with Gasteiger partial charge in [0.05, 0.1) is 6.61 Å². The van der Waals surface area contributed by atoms with Crippen molar-refractivity contribution in [1.82, 2.24) is 10.6 Å². The molecular formula is C11H24CaN2O7S2. The SMILES string of the molecule is CC(C)(CO)[C@@H](O)C(=O)NCCC(=O)NCCSS(=O)(=O)O.[CaH2]. The van der Waals surface area contributed by atoms with Crippen molar-refractivity contribution in [2.24, 2.45) is 5.41 Å². The van der Waals surface area contributed by atoms with Crippen LogP contribution in [0, 0.1) is 5.41 Å². The first-order chi connectivity index (χ1) is 9.99. The van der Waals surface area contributed by atoms with Crippen LogP contribution >= 0.6 is 10.8 Å². The summed E-state index contributed by atoms with van der Waals surface area (Å²) in [6.45, 7) is 2.73. The fourth-order valence-electron chi connectivity index (χ4n) is 1.26. The Balaban J connectivity index is 0. The number of rotatable bonds is 10. The molecule has 9 nitrogen and oxygen atoms in total. The molecule has 0 radical (unpaired) electrons. The summed E-state index contributed by atoms with van der Waals surface area (Å²) in [4.78, 5) is 23.0. The van der Waals surface area contributed by atoms with Crippen LogP contribution < -0.4 is 10.6 Å². The number of carbonyl (C=O) groups is 2. The average molecular weight is 401 g/mol. The van der Waals surface area contributed by atoms with Gasteiger partial charge in [-0.15, -0.1) is 0 Å². The van der Waals surface area contributed by atoms with E-state index in [2.05, 4.69) is 10.6 Å². The number of aliphatic hydroxyl groups excluding tert-OH is 2. The molecule has 0 bridgehead atoms. The molecule has 23 heavy (non-hydrogen) atoms. The molecule has 0 saturated heterocycles. The van der Waals surface area contributed by atoms with Crippen molar-refractivity contribution in [3.63, 3.8) is 0 Å². The van der Waals surface area contributed by atoms with Crippen LogP contribution in [0.4, 0.5) is 0 Å². The van der Waals surface area contributed by atoms with Gasteiger partial charge in [-0.05, 0) is 10.8 Å². The Hall–Kier alpha value is 0.380.